The van der Waals surface area contributed by atoms with E-state index in [1.54, 1.807) is 103 Å². The summed E-state index contributed by atoms with van der Waals surface area (Å²) in [6.45, 7) is 9.35. The summed E-state index contributed by atoms with van der Waals surface area (Å²) in [5.41, 5.74) is -1.93. The maximum atomic E-state index is 16.3. The Morgan fingerprint density at radius 3 is 1.44 bits per heavy atom. The fourth-order valence-corrected chi connectivity index (χ4v) is 9.00. The van der Waals surface area contributed by atoms with Crippen LogP contribution in [0.15, 0.2) is 138 Å². The molecule has 0 aliphatic carbocycles. The highest BCUT2D eigenvalue weighted by atomic mass is 19.4. The maximum absolute atomic E-state index is 16.3. The molecule has 1 aromatic heterocycles. The molecule has 0 unspecified atom stereocenters. The summed E-state index contributed by atoms with van der Waals surface area (Å²) >= 11 is 0. The number of aromatic nitrogens is 1. The smallest absolute Gasteiger partial charge is 0.502 e. The van der Waals surface area contributed by atoms with Crippen molar-refractivity contribution in [1.82, 2.24) is 4.48 Å². The van der Waals surface area contributed by atoms with E-state index < -0.39 is 94.2 Å². The molecule has 7 aromatic carbocycles. The van der Waals surface area contributed by atoms with Crippen molar-refractivity contribution in [2.24, 2.45) is 4.99 Å². The van der Waals surface area contributed by atoms with Gasteiger partial charge in [-0.3, -0.25) is 0 Å². The Balaban J connectivity index is 1.50. The lowest BCUT2D eigenvalue weighted by Crippen LogP contribution is -2.41. The van der Waals surface area contributed by atoms with Crippen LogP contribution in [0.2, 0.25) is 0 Å². The summed E-state index contributed by atoms with van der Waals surface area (Å²) in [4.78, 5) is 5.18. The monoisotopic (exact) mass is 1070 g/mol. The van der Waals surface area contributed by atoms with Crippen LogP contribution in [0.5, 0.6) is 11.5 Å². The lowest BCUT2D eigenvalue weighted by molar-refractivity contribution is -0.144. The number of nitrogens with zero attached hydrogens (tertiary/aromatic N) is 2. The van der Waals surface area contributed by atoms with Gasteiger partial charge in [0.25, 0.3) is 0 Å². The zero-order valence-corrected chi connectivity index (χ0v) is 41.0. The Labute approximate surface area is 431 Å². The molecule has 0 bridgehead atoms. The first-order valence-electron chi connectivity index (χ1n) is 23.5. The zero-order chi connectivity index (χ0) is 55.6. The Hall–Kier alpha value is -8.09. The van der Waals surface area contributed by atoms with Gasteiger partial charge in [0.15, 0.2) is 34.8 Å². The van der Waals surface area contributed by atoms with E-state index in [2.05, 4.69) is 0 Å². The lowest BCUT2D eigenvalue weighted by Gasteiger charge is -2.25. The molecule has 19 heteroatoms. The minimum atomic E-state index is -6.08. The van der Waals surface area contributed by atoms with Crippen LogP contribution in [0.1, 0.15) is 83.5 Å². The van der Waals surface area contributed by atoms with Gasteiger partial charge in [0.2, 0.25) is 23.3 Å². The van der Waals surface area contributed by atoms with Gasteiger partial charge in [0.1, 0.15) is 11.1 Å². The molecule has 0 N–H and O–H groups in total. The van der Waals surface area contributed by atoms with Crippen molar-refractivity contribution >= 4 is 24.2 Å². The first-order valence-corrected chi connectivity index (χ1v) is 23.5. The van der Waals surface area contributed by atoms with Gasteiger partial charge < -0.3 is 13.8 Å². The van der Waals surface area contributed by atoms with Crippen LogP contribution in [-0.2, 0) is 24.2 Å². The van der Waals surface area contributed by atoms with Crippen LogP contribution in [0.4, 0.5) is 61.5 Å². The summed E-state index contributed by atoms with van der Waals surface area (Å²) in [6, 6.07) is 36.5. The number of alkyl halides is 6. The van der Waals surface area contributed by atoms with Crippen molar-refractivity contribution < 1.29 is 70.8 Å². The van der Waals surface area contributed by atoms with Crippen LogP contribution >= 0.6 is 0 Å². The third-order valence-corrected chi connectivity index (χ3v) is 12.9. The zero-order valence-electron chi connectivity index (χ0n) is 41.0. The van der Waals surface area contributed by atoms with Crippen LogP contribution < -0.4 is 9.31 Å². The van der Waals surface area contributed by atoms with E-state index in [1.807, 2.05) is 46.8 Å². The molecule has 9 rings (SSSR count). The Morgan fingerprint density at radius 1 is 0.519 bits per heavy atom. The fourth-order valence-electron chi connectivity index (χ4n) is 9.00. The highest BCUT2D eigenvalue weighted by Gasteiger charge is 2.48. The van der Waals surface area contributed by atoms with E-state index in [0.29, 0.717) is 39.9 Å². The molecule has 1 aliphatic heterocycles. The molecule has 0 atom stereocenters. The summed E-state index contributed by atoms with van der Waals surface area (Å²) in [5.74, 6) is -28.5. The molecule has 0 radical (unpaired) electrons. The second kappa shape index (κ2) is 20.1. The molecular formula is C58H39BF14N2O2. The molecule has 394 valence electrons. The Bertz CT molecular complexity index is 3510. The van der Waals surface area contributed by atoms with Gasteiger partial charge >= 0.3 is 19.6 Å². The fraction of sp³-hybridized carbons (Fsp3) is 0.155. The largest absolute Gasteiger partial charge is 0.743 e. The number of hydrogen-bond acceptors (Lipinski definition) is 3. The van der Waals surface area contributed by atoms with E-state index in [-0.39, 0.29) is 39.3 Å². The van der Waals surface area contributed by atoms with Crippen molar-refractivity contribution in [3.05, 3.63) is 236 Å². The number of hydrogen-bond donors (Lipinski definition) is 0. The van der Waals surface area contributed by atoms with Crippen molar-refractivity contribution in [2.75, 3.05) is 0 Å². The number of fused-ring (bicyclic) bond motifs is 1. The molecular weight excluding hydrogens is 1030 g/mol. The molecule has 8 aromatic rings. The minimum absolute atomic E-state index is 0.0148. The molecule has 4 nitrogen and oxygen atoms in total. The van der Waals surface area contributed by atoms with Crippen molar-refractivity contribution in [3.8, 4) is 33.9 Å². The standard InChI is InChI=1S/C58H39BF14N2O2/c1-6-30-18-22-31(23-19-30)38-28-39(32-24-26-35(27-25-32)56(3,4)5)75(53(38)40(33-12-8-7-9-13-33)52-37-15-11-10-14-36(37)51(74-52)34-20-16-29(2)17-21-34)59(76-54-47(64)43(60)41(57(68,69)70)44(61)48(54)65)77-55-49(66)45(62)42(58(71,72)73)46(63)50(55)67/h7-28H,6H2,1-5H3/b52-40-. The van der Waals surface area contributed by atoms with Crippen molar-refractivity contribution in [3.63, 3.8) is 0 Å². The Morgan fingerprint density at radius 2 is 0.974 bits per heavy atom. The van der Waals surface area contributed by atoms with Gasteiger partial charge in [0, 0.05) is 33.5 Å². The summed E-state index contributed by atoms with van der Waals surface area (Å²) in [7, 11) is -3.22. The number of aliphatic imine (C=N–C) groups is 1. The second-order valence-corrected chi connectivity index (χ2v) is 19.0. The SMILES string of the molecule is CCc1ccc(-c2cc(-c3ccc(C(C)(C)C)cc3)n(B(Oc3c(F)c(F)c(C(F)(F)F)c(F)c3F)Oc3c(F)c(F)c(C(F)(F)F)c(F)c3F)c2/C(=C2\N=C(c3ccc(C)cc3)c3ccccc32)c2ccccc2)cc1. The first kappa shape index (κ1) is 53.7. The molecule has 1 aliphatic rings. The van der Waals surface area contributed by atoms with Crippen molar-refractivity contribution in [1.29, 1.82) is 0 Å². The van der Waals surface area contributed by atoms with E-state index in [0.717, 1.165) is 15.6 Å². The molecule has 0 amide bonds. The molecule has 77 heavy (non-hydrogen) atoms. The normalized spacial score (nSPS) is 13.4. The van der Waals surface area contributed by atoms with Crippen LogP contribution in [-0.4, -0.2) is 17.4 Å². The van der Waals surface area contributed by atoms with Crippen LogP contribution in [0.3, 0.4) is 0 Å². The predicted octanol–water partition coefficient (Wildman–Crippen LogP) is 16.9. The third-order valence-electron chi connectivity index (χ3n) is 12.9. The van der Waals surface area contributed by atoms with Gasteiger partial charge in [-0.05, 0) is 52.6 Å². The number of rotatable bonds is 11. The number of benzene rings is 7. The topological polar surface area (TPSA) is 35.8 Å². The van der Waals surface area contributed by atoms with Crippen LogP contribution in [0, 0.1) is 53.5 Å². The summed E-state index contributed by atoms with van der Waals surface area (Å²) in [6.07, 6.45) is -11.6. The van der Waals surface area contributed by atoms with E-state index in [9.17, 15) is 26.3 Å². The minimum Gasteiger partial charge on any atom is -0.502 e. The van der Waals surface area contributed by atoms with Crippen LogP contribution in [0.25, 0.3) is 33.7 Å². The number of aryl methyl sites for hydroxylation is 2. The maximum Gasteiger partial charge on any atom is 0.743 e. The summed E-state index contributed by atoms with van der Waals surface area (Å²) in [5, 5.41) is 0. The van der Waals surface area contributed by atoms with E-state index in [1.165, 1.54) is 18.2 Å². The Kier molecular flexibility index (Phi) is 14.0. The first-order chi connectivity index (χ1) is 36.3. The molecule has 2 heterocycles. The highest BCUT2D eigenvalue weighted by molar-refractivity contribution is 6.46. The summed E-state index contributed by atoms with van der Waals surface area (Å²) < 4.78 is 224. The van der Waals surface area contributed by atoms with Gasteiger partial charge in [0.05, 0.1) is 17.1 Å². The molecule has 0 saturated heterocycles. The van der Waals surface area contributed by atoms with Crippen molar-refractivity contribution in [2.45, 2.75) is 58.8 Å². The third kappa shape index (κ3) is 9.87. The lowest BCUT2D eigenvalue weighted by atomic mass is 9.86. The van der Waals surface area contributed by atoms with Gasteiger partial charge in [-0.2, -0.15) is 43.9 Å². The molecule has 0 fully saturated rings. The van der Waals surface area contributed by atoms with Gasteiger partial charge in [-0.15, -0.1) is 0 Å². The molecule has 0 saturated carbocycles. The molecule has 0 spiro atoms. The average molecular weight is 1070 g/mol. The van der Waals surface area contributed by atoms with E-state index in [4.69, 9.17) is 14.3 Å². The quantitative estimate of drug-likeness (QED) is 0.0735. The highest BCUT2D eigenvalue weighted by Crippen LogP contribution is 2.48. The average Bonchev–Trinajstić information content (AvgIpc) is 4.00. The second-order valence-electron chi connectivity index (χ2n) is 19.0. The van der Waals surface area contributed by atoms with Gasteiger partial charge in [-0.1, -0.05) is 161 Å². The predicted molar refractivity (Wildman–Crippen MR) is 264 cm³/mol. The van der Waals surface area contributed by atoms with E-state index >= 15 is 35.1 Å². The number of halogens is 14. The van der Waals surface area contributed by atoms with Gasteiger partial charge in [-0.25, -0.2) is 22.6 Å².